The van der Waals surface area contributed by atoms with E-state index >= 15 is 0 Å². The minimum absolute atomic E-state index is 0.0193. The van der Waals surface area contributed by atoms with Gasteiger partial charge in [0.25, 0.3) is 11.8 Å². The van der Waals surface area contributed by atoms with Gasteiger partial charge in [0.15, 0.2) is 0 Å². The van der Waals surface area contributed by atoms with E-state index in [2.05, 4.69) is 10.2 Å². The Labute approximate surface area is 160 Å². The molecule has 4 rings (SSSR count). The number of aromatic nitrogens is 2. The number of carbonyl (C=O) groups is 2. The minimum Gasteiger partial charge on any atom is -0.480 e. The van der Waals surface area contributed by atoms with Crippen LogP contribution in [0.1, 0.15) is 27.8 Å². The van der Waals surface area contributed by atoms with Crippen LogP contribution in [0.15, 0.2) is 35.7 Å². The highest BCUT2D eigenvalue weighted by atomic mass is 32.1. The van der Waals surface area contributed by atoms with E-state index in [1.54, 1.807) is 22.3 Å². The van der Waals surface area contributed by atoms with Crippen LogP contribution in [-0.2, 0) is 0 Å². The molecule has 2 aromatic heterocycles. The summed E-state index contributed by atoms with van der Waals surface area (Å²) in [6.45, 7) is 3.43. The fourth-order valence-corrected chi connectivity index (χ4v) is 4.35. The van der Waals surface area contributed by atoms with Gasteiger partial charge in [0.2, 0.25) is 5.88 Å². The molecule has 3 aromatic rings. The summed E-state index contributed by atoms with van der Waals surface area (Å²) in [4.78, 5) is 29.4. The standard InChI is InChI=1S/C19H20N4O3S/c1-12-11-22(19(25)15-10-16(26-2)21-20-15)7-8-23(12)18(24)14-5-3-4-13-6-9-27-17(13)14/h3-6,9-10,12H,7-8,11H2,1-2H3,(H,20,21)/t12-/m1/s1. The molecule has 1 atom stereocenters. The zero-order valence-corrected chi connectivity index (χ0v) is 16.0. The normalized spacial score (nSPS) is 17.3. The van der Waals surface area contributed by atoms with Crippen LogP contribution in [-0.4, -0.2) is 64.6 Å². The Kier molecular flexibility index (Phi) is 4.57. The monoisotopic (exact) mass is 384 g/mol. The van der Waals surface area contributed by atoms with Crippen LogP contribution >= 0.6 is 11.3 Å². The molecule has 1 N–H and O–H groups in total. The zero-order chi connectivity index (χ0) is 19.0. The van der Waals surface area contributed by atoms with Crippen LogP contribution in [0.3, 0.4) is 0 Å². The first-order chi connectivity index (χ1) is 13.1. The molecule has 7 nitrogen and oxygen atoms in total. The predicted molar refractivity (Wildman–Crippen MR) is 103 cm³/mol. The molecule has 8 heteroatoms. The number of carbonyl (C=O) groups excluding carboxylic acids is 2. The third-order valence-electron chi connectivity index (χ3n) is 4.88. The van der Waals surface area contributed by atoms with Gasteiger partial charge in [-0.2, -0.15) is 0 Å². The van der Waals surface area contributed by atoms with Gasteiger partial charge in [0.05, 0.1) is 12.7 Å². The van der Waals surface area contributed by atoms with Gasteiger partial charge in [-0.1, -0.05) is 12.1 Å². The van der Waals surface area contributed by atoms with E-state index in [1.165, 1.54) is 7.11 Å². The van der Waals surface area contributed by atoms with Gasteiger partial charge in [-0.3, -0.25) is 14.7 Å². The van der Waals surface area contributed by atoms with Crippen LogP contribution in [0.25, 0.3) is 10.1 Å². The number of hydrogen-bond acceptors (Lipinski definition) is 5. The molecule has 0 saturated carbocycles. The molecule has 3 heterocycles. The van der Waals surface area contributed by atoms with Crippen molar-refractivity contribution >= 4 is 33.2 Å². The number of thiophene rings is 1. The first kappa shape index (κ1) is 17.5. The summed E-state index contributed by atoms with van der Waals surface area (Å²) in [6, 6.07) is 9.34. The molecule has 0 radical (unpaired) electrons. The molecule has 0 bridgehead atoms. The number of nitrogens with zero attached hydrogens (tertiary/aromatic N) is 3. The number of ether oxygens (including phenoxy) is 1. The summed E-state index contributed by atoms with van der Waals surface area (Å²) in [5.74, 6) is 0.264. The molecular formula is C19H20N4O3S. The van der Waals surface area contributed by atoms with Crippen molar-refractivity contribution in [3.05, 3.63) is 47.0 Å². The maximum Gasteiger partial charge on any atom is 0.272 e. The van der Waals surface area contributed by atoms with E-state index in [1.807, 2.05) is 41.5 Å². The van der Waals surface area contributed by atoms with Gasteiger partial charge in [0, 0.05) is 36.4 Å². The maximum atomic E-state index is 13.1. The van der Waals surface area contributed by atoms with Crippen molar-refractivity contribution in [3.63, 3.8) is 0 Å². The van der Waals surface area contributed by atoms with Crippen molar-refractivity contribution in [2.75, 3.05) is 26.7 Å². The van der Waals surface area contributed by atoms with Gasteiger partial charge >= 0.3 is 0 Å². The number of amides is 2. The van der Waals surface area contributed by atoms with Gasteiger partial charge in [0.1, 0.15) is 5.69 Å². The van der Waals surface area contributed by atoms with Gasteiger partial charge in [-0.15, -0.1) is 16.4 Å². The van der Waals surface area contributed by atoms with Crippen LogP contribution in [0, 0.1) is 0 Å². The molecule has 1 fully saturated rings. The molecule has 0 aliphatic carbocycles. The lowest BCUT2D eigenvalue weighted by Crippen LogP contribution is -2.55. The van der Waals surface area contributed by atoms with E-state index < -0.39 is 0 Å². The van der Waals surface area contributed by atoms with Gasteiger partial charge < -0.3 is 14.5 Å². The molecule has 140 valence electrons. The number of aromatic amines is 1. The SMILES string of the molecule is COc1cc(C(=O)N2CCN(C(=O)c3cccc4ccsc34)[C@H](C)C2)[nH]n1. The summed E-state index contributed by atoms with van der Waals surface area (Å²) < 4.78 is 6.03. The molecule has 1 saturated heterocycles. The third kappa shape index (κ3) is 3.16. The van der Waals surface area contributed by atoms with Crippen molar-refractivity contribution < 1.29 is 14.3 Å². The molecule has 1 aliphatic rings. The van der Waals surface area contributed by atoms with Crippen molar-refractivity contribution in [2.45, 2.75) is 13.0 Å². The molecule has 1 aliphatic heterocycles. The molecule has 0 spiro atoms. The average molecular weight is 384 g/mol. The molecule has 27 heavy (non-hydrogen) atoms. The van der Waals surface area contributed by atoms with E-state index in [9.17, 15) is 9.59 Å². The summed E-state index contributed by atoms with van der Waals surface area (Å²) in [5, 5.41) is 9.70. The van der Waals surface area contributed by atoms with E-state index in [0.717, 1.165) is 15.6 Å². The number of hydrogen-bond donors (Lipinski definition) is 1. The molecular weight excluding hydrogens is 364 g/mol. The summed E-state index contributed by atoms with van der Waals surface area (Å²) in [6.07, 6.45) is 0. The maximum absolute atomic E-state index is 13.1. The second-order valence-electron chi connectivity index (χ2n) is 6.57. The largest absolute Gasteiger partial charge is 0.480 e. The smallest absolute Gasteiger partial charge is 0.272 e. The Balaban J connectivity index is 1.49. The van der Waals surface area contributed by atoms with Crippen molar-refractivity contribution in [1.29, 1.82) is 0 Å². The van der Waals surface area contributed by atoms with E-state index in [4.69, 9.17) is 4.74 Å². The lowest BCUT2D eigenvalue weighted by atomic mass is 10.1. The second-order valence-corrected chi connectivity index (χ2v) is 7.48. The summed E-state index contributed by atoms with van der Waals surface area (Å²) in [7, 11) is 1.50. The Bertz CT molecular complexity index is 996. The first-order valence-corrected chi connectivity index (χ1v) is 9.62. The third-order valence-corrected chi connectivity index (χ3v) is 5.84. The highest BCUT2D eigenvalue weighted by Gasteiger charge is 2.32. The lowest BCUT2D eigenvalue weighted by Gasteiger charge is -2.39. The molecule has 2 amide bonds. The van der Waals surface area contributed by atoms with Gasteiger partial charge in [-0.25, -0.2) is 0 Å². The predicted octanol–water partition coefficient (Wildman–Crippen LogP) is 2.62. The van der Waals surface area contributed by atoms with E-state index in [0.29, 0.717) is 31.2 Å². The van der Waals surface area contributed by atoms with Crippen molar-refractivity contribution in [3.8, 4) is 5.88 Å². The highest BCUT2D eigenvalue weighted by molar-refractivity contribution is 7.17. The minimum atomic E-state index is -0.134. The highest BCUT2D eigenvalue weighted by Crippen LogP contribution is 2.27. The molecule has 0 unspecified atom stereocenters. The number of methoxy groups -OCH3 is 1. The number of benzene rings is 1. The second kappa shape index (κ2) is 7.03. The number of H-pyrrole nitrogens is 1. The van der Waals surface area contributed by atoms with Crippen LogP contribution in [0.4, 0.5) is 0 Å². The molecule has 1 aromatic carbocycles. The van der Waals surface area contributed by atoms with Crippen molar-refractivity contribution in [2.24, 2.45) is 0 Å². The Morgan fingerprint density at radius 3 is 2.85 bits per heavy atom. The number of nitrogens with one attached hydrogen (secondary N) is 1. The Morgan fingerprint density at radius 2 is 2.11 bits per heavy atom. The van der Waals surface area contributed by atoms with Crippen LogP contribution < -0.4 is 4.74 Å². The topological polar surface area (TPSA) is 78.5 Å². The summed E-state index contributed by atoms with van der Waals surface area (Å²) in [5.41, 5.74) is 1.12. The van der Waals surface area contributed by atoms with Gasteiger partial charge in [-0.05, 0) is 29.8 Å². The fourth-order valence-electron chi connectivity index (χ4n) is 3.45. The fraction of sp³-hybridized carbons (Fsp3) is 0.316. The first-order valence-electron chi connectivity index (χ1n) is 8.74. The summed E-state index contributed by atoms with van der Waals surface area (Å²) >= 11 is 1.58. The quantitative estimate of drug-likeness (QED) is 0.753. The average Bonchev–Trinajstić information content (AvgIpc) is 3.35. The number of rotatable bonds is 3. The number of piperazine rings is 1. The van der Waals surface area contributed by atoms with Crippen LogP contribution in [0.2, 0.25) is 0 Å². The number of fused-ring (bicyclic) bond motifs is 1. The lowest BCUT2D eigenvalue weighted by molar-refractivity contribution is 0.0413. The Morgan fingerprint density at radius 1 is 1.26 bits per heavy atom. The Hall–Kier alpha value is -2.87. The zero-order valence-electron chi connectivity index (χ0n) is 15.1. The van der Waals surface area contributed by atoms with Crippen LogP contribution in [0.5, 0.6) is 5.88 Å². The van der Waals surface area contributed by atoms with Crippen molar-refractivity contribution in [1.82, 2.24) is 20.0 Å². The van der Waals surface area contributed by atoms with E-state index in [-0.39, 0.29) is 17.9 Å².